The van der Waals surface area contributed by atoms with Crippen LogP contribution >= 0.6 is 11.6 Å². The van der Waals surface area contributed by atoms with E-state index < -0.39 is 4.87 Å². The van der Waals surface area contributed by atoms with Crippen LogP contribution in [-0.4, -0.2) is 30.1 Å². The summed E-state index contributed by atoms with van der Waals surface area (Å²) in [5, 5.41) is 0. The maximum Gasteiger partial charge on any atom is 0.128 e. The maximum atomic E-state index is 7.00. The van der Waals surface area contributed by atoms with Crippen molar-refractivity contribution in [3.63, 3.8) is 0 Å². The highest BCUT2D eigenvalue weighted by Crippen LogP contribution is 2.40. The van der Waals surface area contributed by atoms with Crippen LogP contribution in [0.2, 0.25) is 0 Å². The summed E-state index contributed by atoms with van der Waals surface area (Å²) in [4.78, 5) is 6.44. The number of rotatable bonds is 5. The van der Waals surface area contributed by atoms with Crippen LogP contribution in [0.3, 0.4) is 0 Å². The highest BCUT2D eigenvalue weighted by molar-refractivity contribution is 6.26. The minimum atomic E-state index is -0.465. The molecule has 1 aromatic heterocycles. The van der Waals surface area contributed by atoms with Crippen LogP contribution in [0.5, 0.6) is 0 Å². The van der Waals surface area contributed by atoms with E-state index in [0.717, 1.165) is 54.2 Å². The molecule has 2 heterocycles. The first kappa shape index (κ1) is 17.2. The minimum absolute atomic E-state index is 0.465. The lowest BCUT2D eigenvalue weighted by Crippen LogP contribution is -2.37. The summed E-state index contributed by atoms with van der Waals surface area (Å²) in [7, 11) is 1.71. The van der Waals surface area contributed by atoms with Gasteiger partial charge in [-0.3, -0.25) is 0 Å². The third kappa shape index (κ3) is 3.49. The van der Waals surface area contributed by atoms with Crippen LogP contribution in [0.25, 0.3) is 5.57 Å². The molecule has 1 aromatic carbocycles. The van der Waals surface area contributed by atoms with E-state index in [2.05, 4.69) is 40.2 Å². The van der Waals surface area contributed by atoms with Crippen LogP contribution in [-0.2, 0) is 11.2 Å². The number of hydrogen-bond donors (Lipinski definition) is 0. The first-order valence-electron chi connectivity index (χ1n) is 9.07. The Hall–Kier alpha value is -2.26. The number of alkyl halides is 1. The lowest BCUT2D eigenvalue weighted by Gasteiger charge is -2.32. The van der Waals surface area contributed by atoms with Crippen LogP contribution < -0.4 is 4.90 Å². The summed E-state index contributed by atoms with van der Waals surface area (Å²) in [5.74, 6) is 1.95. The molecular formula is C22H23ClN2O. The second kappa shape index (κ2) is 7.16. The number of nitrogens with zero attached hydrogens (tertiary/aromatic N) is 2. The molecule has 2 aliphatic rings. The molecule has 1 saturated heterocycles. The first-order valence-corrected chi connectivity index (χ1v) is 9.45. The van der Waals surface area contributed by atoms with Crippen molar-refractivity contribution in [3.8, 4) is 0 Å². The smallest absolute Gasteiger partial charge is 0.128 e. The highest BCUT2D eigenvalue weighted by atomic mass is 35.5. The summed E-state index contributed by atoms with van der Waals surface area (Å²) >= 11 is 7.00. The fourth-order valence-electron chi connectivity index (χ4n) is 3.55. The number of ether oxygens (including phenoxy) is 1. The van der Waals surface area contributed by atoms with Gasteiger partial charge in [0.15, 0.2) is 0 Å². The second-order valence-electron chi connectivity index (χ2n) is 7.00. The average Bonchev–Trinajstić information content (AvgIpc) is 2.62. The molecular weight excluding hydrogens is 344 g/mol. The molecule has 1 fully saturated rings. The number of anilines is 1. The van der Waals surface area contributed by atoms with Crippen LogP contribution in [0.4, 0.5) is 5.82 Å². The molecule has 0 bridgehead atoms. The van der Waals surface area contributed by atoms with E-state index in [4.69, 9.17) is 16.3 Å². The van der Waals surface area contributed by atoms with Crippen molar-refractivity contribution >= 4 is 23.0 Å². The van der Waals surface area contributed by atoms with E-state index in [9.17, 15) is 0 Å². The van der Waals surface area contributed by atoms with Crippen LogP contribution in [0.15, 0.2) is 66.6 Å². The Morgan fingerprint density at radius 3 is 2.58 bits per heavy atom. The largest absolute Gasteiger partial charge is 0.496 e. The van der Waals surface area contributed by atoms with Gasteiger partial charge in [-0.05, 0) is 42.5 Å². The zero-order chi connectivity index (χ0) is 18.0. The number of benzene rings is 1. The van der Waals surface area contributed by atoms with Gasteiger partial charge in [0.2, 0.25) is 0 Å². The molecule has 0 radical (unpaired) electrons. The zero-order valence-corrected chi connectivity index (χ0v) is 15.7. The van der Waals surface area contributed by atoms with Crippen LogP contribution in [0.1, 0.15) is 24.0 Å². The van der Waals surface area contributed by atoms with Crippen molar-refractivity contribution in [2.75, 3.05) is 25.1 Å². The topological polar surface area (TPSA) is 25.4 Å². The molecule has 0 N–H and O–H groups in total. The van der Waals surface area contributed by atoms with Crippen LogP contribution in [0, 0.1) is 0 Å². The summed E-state index contributed by atoms with van der Waals surface area (Å²) in [6, 6.07) is 14.6. The fourth-order valence-corrected chi connectivity index (χ4v) is 3.91. The van der Waals surface area contributed by atoms with Crippen molar-refractivity contribution in [3.05, 3.63) is 77.7 Å². The molecule has 2 aromatic rings. The number of allylic oxidation sites excluding steroid dienone is 3. The third-order valence-electron chi connectivity index (χ3n) is 5.13. The van der Waals surface area contributed by atoms with Crippen molar-refractivity contribution in [1.29, 1.82) is 0 Å². The van der Waals surface area contributed by atoms with E-state index in [1.165, 1.54) is 6.42 Å². The van der Waals surface area contributed by atoms with E-state index in [-0.39, 0.29) is 0 Å². The molecule has 0 amide bonds. The third-order valence-corrected chi connectivity index (χ3v) is 5.52. The van der Waals surface area contributed by atoms with Gasteiger partial charge in [0.1, 0.15) is 11.6 Å². The Labute approximate surface area is 160 Å². The van der Waals surface area contributed by atoms with E-state index >= 15 is 0 Å². The van der Waals surface area contributed by atoms with Gasteiger partial charge in [-0.1, -0.05) is 42.5 Å². The molecule has 134 valence electrons. The molecule has 1 atom stereocenters. The normalized spacial score (nSPS) is 22.3. The van der Waals surface area contributed by atoms with Crippen molar-refractivity contribution in [2.24, 2.45) is 0 Å². The van der Waals surface area contributed by atoms with Gasteiger partial charge in [-0.2, -0.15) is 0 Å². The Morgan fingerprint density at radius 1 is 1.15 bits per heavy atom. The molecule has 0 spiro atoms. The molecule has 1 aliphatic carbocycles. The van der Waals surface area contributed by atoms with Crippen molar-refractivity contribution in [1.82, 2.24) is 4.98 Å². The van der Waals surface area contributed by atoms with Crippen molar-refractivity contribution < 1.29 is 4.74 Å². The SMILES string of the molecule is COC1=C(c2ccccc2)CC(Cl)(Cc2ccc(N3CCC3)nc2)C=C1. The monoisotopic (exact) mass is 366 g/mol. The quantitative estimate of drug-likeness (QED) is 0.709. The lowest BCUT2D eigenvalue weighted by atomic mass is 9.85. The van der Waals surface area contributed by atoms with Gasteiger partial charge >= 0.3 is 0 Å². The Morgan fingerprint density at radius 2 is 1.96 bits per heavy atom. The summed E-state index contributed by atoms with van der Waals surface area (Å²) in [5.41, 5.74) is 3.46. The zero-order valence-electron chi connectivity index (χ0n) is 15.0. The predicted molar refractivity (Wildman–Crippen MR) is 107 cm³/mol. The maximum absolute atomic E-state index is 7.00. The minimum Gasteiger partial charge on any atom is -0.496 e. The Bertz CT molecular complexity index is 825. The highest BCUT2D eigenvalue weighted by Gasteiger charge is 2.31. The summed E-state index contributed by atoms with van der Waals surface area (Å²) in [6.45, 7) is 2.22. The molecule has 1 unspecified atom stereocenters. The number of pyridine rings is 1. The van der Waals surface area contributed by atoms with Gasteiger partial charge in [-0.15, -0.1) is 11.6 Å². The number of methoxy groups -OCH3 is 1. The molecule has 26 heavy (non-hydrogen) atoms. The van der Waals surface area contributed by atoms with E-state index in [1.807, 2.05) is 30.5 Å². The average molecular weight is 367 g/mol. The number of aromatic nitrogens is 1. The fraction of sp³-hybridized carbons (Fsp3) is 0.318. The molecule has 3 nitrogen and oxygen atoms in total. The molecule has 0 saturated carbocycles. The second-order valence-corrected chi connectivity index (χ2v) is 7.75. The Balaban J connectivity index is 1.53. The van der Waals surface area contributed by atoms with Gasteiger partial charge in [0, 0.05) is 24.9 Å². The Kier molecular flexibility index (Phi) is 4.73. The summed E-state index contributed by atoms with van der Waals surface area (Å²) in [6.07, 6.45) is 8.75. The predicted octanol–water partition coefficient (Wildman–Crippen LogP) is 4.83. The molecule has 1 aliphatic heterocycles. The van der Waals surface area contributed by atoms with Gasteiger partial charge in [-0.25, -0.2) is 4.98 Å². The van der Waals surface area contributed by atoms with E-state index in [0.29, 0.717) is 0 Å². The van der Waals surface area contributed by atoms with Crippen molar-refractivity contribution in [2.45, 2.75) is 24.1 Å². The standard InChI is InChI=1S/C22H23ClN2O/c1-26-20-10-11-22(23,15-19(20)18-6-3-2-4-7-18)14-17-8-9-21(24-16-17)25-12-5-13-25/h2-4,6-11,16H,5,12-15H2,1H3. The molecule has 4 heteroatoms. The number of hydrogen-bond acceptors (Lipinski definition) is 3. The molecule has 4 rings (SSSR count). The van der Waals surface area contributed by atoms with E-state index in [1.54, 1.807) is 7.11 Å². The lowest BCUT2D eigenvalue weighted by molar-refractivity contribution is 0.305. The summed E-state index contributed by atoms with van der Waals surface area (Å²) < 4.78 is 5.58. The van der Waals surface area contributed by atoms with Gasteiger partial charge < -0.3 is 9.64 Å². The number of halogens is 1. The van der Waals surface area contributed by atoms with Gasteiger partial charge in [0.05, 0.1) is 12.0 Å². The van der Waals surface area contributed by atoms with Gasteiger partial charge in [0.25, 0.3) is 0 Å². The first-order chi connectivity index (χ1) is 12.7.